The lowest BCUT2D eigenvalue weighted by molar-refractivity contribution is 0.384. The predicted molar refractivity (Wildman–Crippen MR) is 67.4 cm³/mol. The minimum atomic E-state index is -0.427. The molecule has 0 spiro atoms. The van der Waals surface area contributed by atoms with Crippen LogP contribution in [0.3, 0.4) is 0 Å². The van der Waals surface area contributed by atoms with Crippen molar-refractivity contribution in [2.24, 2.45) is 5.73 Å². The fraction of sp³-hybridized carbons (Fsp3) is 0.308. The van der Waals surface area contributed by atoms with Crippen LogP contribution in [0.2, 0.25) is 0 Å². The summed E-state index contributed by atoms with van der Waals surface area (Å²) in [6.45, 7) is 3.96. The normalized spacial score (nSPS) is 10.7. The maximum atomic E-state index is 14.1. The average molecular weight is 249 g/mol. The third kappa shape index (κ3) is 1.97. The van der Waals surface area contributed by atoms with Crippen LogP contribution >= 0.6 is 0 Å². The Morgan fingerprint density at radius 2 is 2.11 bits per heavy atom. The number of aromatic nitrogens is 2. The van der Waals surface area contributed by atoms with Crippen LogP contribution in [0.1, 0.15) is 16.8 Å². The third-order valence-corrected chi connectivity index (χ3v) is 3.00. The third-order valence-electron chi connectivity index (χ3n) is 3.00. The van der Waals surface area contributed by atoms with Crippen LogP contribution in [-0.2, 0) is 6.54 Å². The molecule has 1 heterocycles. The van der Waals surface area contributed by atoms with Crippen LogP contribution in [-0.4, -0.2) is 16.9 Å². The van der Waals surface area contributed by atoms with Gasteiger partial charge in [0.1, 0.15) is 0 Å². The van der Waals surface area contributed by atoms with Gasteiger partial charge in [-0.05, 0) is 31.5 Å². The van der Waals surface area contributed by atoms with Gasteiger partial charge in [0, 0.05) is 18.3 Å². The second kappa shape index (κ2) is 4.78. The number of hydrogen-bond acceptors (Lipinski definition) is 3. The molecule has 2 aromatic rings. The number of aryl methyl sites for hydroxylation is 2. The van der Waals surface area contributed by atoms with Gasteiger partial charge in [-0.2, -0.15) is 5.10 Å². The van der Waals surface area contributed by atoms with Crippen LogP contribution in [0.4, 0.5) is 4.39 Å². The Labute approximate surface area is 105 Å². The van der Waals surface area contributed by atoms with Crippen LogP contribution < -0.4 is 10.5 Å². The Balaban J connectivity index is 2.61. The minimum absolute atomic E-state index is 0.0936. The summed E-state index contributed by atoms with van der Waals surface area (Å²) in [4.78, 5) is 0. The summed E-state index contributed by atoms with van der Waals surface area (Å²) in [5.74, 6) is -0.233. The minimum Gasteiger partial charge on any atom is -0.494 e. The van der Waals surface area contributed by atoms with Crippen LogP contribution in [0.15, 0.2) is 18.3 Å². The van der Waals surface area contributed by atoms with E-state index in [0.29, 0.717) is 11.3 Å². The quantitative estimate of drug-likeness (QED) is 0.906. The van der Waals surface area contributed by atoms with Crippen molar-refractivity contribution in [3.05, 3.63) is 41.0 Å². The highest BCUT2D eigenvalue weighted by molar-refractivity contribution is 5.47. The van der Waals surface area contributed by atoms with E-state index in [0.717, 1.165) is 11.3 Å². The summed E-state index contributed by atoms with van der Waals surface area (Å²) < 4.78 is 20.7. The van der Waals surface area contributed by atoms with E-state index in [1.54, 1.807) is 16.8 Å². The molecule has 0 aliphatic heterocycles. The van der Waals surface area contributed by atoms with Gasteiger partial charge < -0.3 is 10.5 Å². The van der Waals surface area contributed by atoms with E-state index < -0.39 is 5.82 Å². The Bertz CT molecular complexity index is 558. The number of hydrogen-bond donors (Lipinski definition) is 1. The lowest BCUT2D eigenvalue weighted by atomic mass is 10.1. The van der Waals surface area contributed by atoms with Gasteiger partial charge in [-0.25, -0.2) is 9.07 Å². The standard InChI is InChI=1S/C13H16FN3O/c1-8-7-17(16-9(8)2)11-4-5-12(18-3)13(14)10(11)6-15/h4-5,7H,6,15H2,1-3H3. The van der Waals surface area contributed by atoms with Crippen molar-refractivity contribution >= 4 is 0 Å². The van der Waals surface area contributed by atoms with Crippen molar-refractivity contribution in [3.63, 3.8) is 0 Å². The van der Waals surface area contributed by atoms with E-state index in [1.807, 2.05) is 20.0 Å². The number of halogens is 1. The summed E-state index contributed by atoms with van der Waals surface area (Å²) >= 11 is 0. The molecule has 0 atom stereocenters. The first-order valence-corrected chi connectivity index (χ1v) is 5.67. The van der Waals surface area contributed by atoms with Gasteiger partial charge in [-0.3, -0.25) is 0 Å². The van der Waals surface area contributed by atoms with Gasteiger partial charge in [0.05, 0.1) is 18.5 Å². The Hall–Kier alpha value is -1.88. The van der Waals surface area contributed by atoms with E-state index >= 15 is 0 Å². The molecular weight excluding hydrogens is 233 g/mol. The average Bonchev–Trinajstić information content (AvgIpc) is 2.69. The molecule has 0 radical (unpaired) electrons. The van der Waals surface area contributed by atoms with E-state index in [2.05, 4.69) is 5.10 Å². The molecule has 1 aromatic heterocycles. The largest absolute Gasteiger partial charge is 0.494 e. The number of methoxy groups -OCH3 is 1. The van der Waals surface area contributed by atoms with E-state index in [-0.39, 0.29) is 12.3 Å². The molecule has 4 nitrogen and oxygen atoms in total. The van der Waals surface area contributed by atoms with Crippen LogP contribution in [0.5, 0.6) is 5.75 Å². The molecule has 18 heavy (non-hydrogen) atoms. The SMILES string of the molecule is COc1ccc(-n2cc(C)c(C)n2)c(CN)c1F. The fourth-order valence-electron chi connectivity index (χ4n) is 1.83. The molecule has 0 unspecified atom stereocenters. The number of nitrogens with two attached hydrogens (primary N) is 1. The lowest BCUT2D eigenvalue weighted by Gasteiger charge is -2.11. The molecule has 0 amide bonds. The van der Waals surface area contributed by atoms with Crippen molar-refractivity contribution in [2.75, 3.05) is 7.11 Å². The maximum Gasteiger partial charge on any atom is 0.171 e. The molecule has 0 aliphatic carbocycles. The molecule has 1 aromatic carbocycles. The molecule has 0 saturated heterocycles. The molecule has 0 bridgehead atoms. The molecule has 2 rings (SSSR count). The molecule has 0 fully saturated rings. The fourth-order valence-corrected chi connectivity index (χ4v) is 1.83. The van der Waals surface area contributed by atoms with E-state index in [1.165, 1.54) is 7.11 Å². The van der Waals surface area contributed by atoms with Gasteiger partial charge in [-0.1, -0.05) is 0 Å². The molecule has 2 N–H and O–H groups in total. The van der Waals surface area contributed by atoms with Gasteiger partial charge in [-0.15, -0.1) is 0 Å². The summed E-state index contributed by atoms with van der Waals surface area (Å²) in [5, 5.41) is 4.34. The number of nitrogens with zero attached hydrogens (tertiary/aromatic N) is 2. The van der Waals surface area contributed by atoms with Gasteiger partial charge in [0.2, 0.25) is 0 Å². The summed E-state index contributed by atoms with van der Waals surface area (Å²) in [5.41, 5.74) is 8.63. The lowest BCUT2D eigenvalue weighted by Crippen LogP contribution is -2.09. The highest BCUT2D eigenvalue weighted by Crippen LogP contribution is 2.26. The molecule has 0 saturated carbocycles. The van der Waals surface area contributed by atoms with E-state index in [9.17, 15) is 4.39 Å². The summed E-state index contributed by atoms with van der Waals surface area (Å²) in [7, 11) is 1.43. The van der Waals surface area contributed by atoms with Crippen molar-refractivity contribution in [3.8, 4) is 11.4 Å². The number of ether oxygens (including phenoxy) is 1. The summed E-state index contributed by atoms with van der Waals surface area (Å²) in [6, 6.07) is 3.34. The Morgan fingerprint density at radius 1 is 1.39 bits per heavy atom. The predicted octanol–water partition coefficient (Wildman–Crippen LogP) is 2.10. The maximum absolute atomic E-state index is 14.1. The zero-order chi connectivity index (χ0) is 13.3. The second-order valence-electron chi connectivity index (χ2n) is 4.13. The molecule has 96 valence electrons. The zero-order valence-electron chi connectivity index (χ0n) is 10.7. The first kappa shape index (κ1) is 12.6. The topological polar surface area (TPSA) is 53.1 Å². The van der Waals surface area contributed by atoms with Crippen molar-refractivity contribution in [2.45, 2.75) is 20.4 Å². The van der Waals surface area contributed by atoms with E-state index in [4.69, 9.17) is 10.5 Å². The van der Waals surface area contributed by atoms with Crippen molar-refractivity contribution < 1.29 is 9.13 Å². The van der Waals surface area contributed by atoms with Crippen LogP contribution in [0, 0.1) is 19.7 Å². The smallest absolute Gasteiger partial charge is 0.171 e. The highest BCUT2D eigenvalue weighted by Gasteiger charge is 2.15. The second-order valence-corrected chi connectivity index (χ2v) is 4.13. The monoisotopic (exact) mass is 249 g/mol. The Kier molecular flexibility index (Phi) is 3.34. The molecule has 5 heteroatoms. The highest BCUT2D eigenvalue weighted by atomic mass is 19.1. The van der Waals surface area contributed by atoms with Gasteiger partial charge in [0.25, 0.3) is 0 Å². The molecule has 0 aliphatic rings. The van der Waals surface area contributed by atoms with Crippen molar-refractivity contribution in [1.29, 1.82) is 0 Å². The van der Waals surface area contributed by atoms with Crippen molar-refractivity contribution in [1.82, 2.24) is 9.78 Å². The number of rotatable bonds is 3. The van der Waals surface area contributed by atoms with Gasteiger partial charge in [0.15, 0.2) is 11.6 Å². The first-order chi connectivity index (χ1) is 8.58. The zero-order valence-corrected chi connectivity index (χ0v) is 10.7. The molecular formula is C13H16FN3O. The number of benzene rings is 1. The van der Waals surface area contributed by atoms with Crippen LogP contribution in [0.25, 0.3) is 5.69 Å². The van der Waals surface area contributed by atoms with Gasteiger partial charge >= 0.3 is 0 Å². The summed E-state index contributed by atoms with van der Waals surface area (Å²) in [6.07, 6.45) is 1.86. The first-order valence-electron chi connectivity index (χ1n) is 5.67. The Morgan fingerprint density at radius 3 is 2.61 bits per heavy atom.